The van der Waals surface area contributed by atoms with Crippen LogP contribution >= 0.6 is 15.9 Å². The lowest BCUT2D eigenvalue weighted by molar-refractivity contribution is -0.275. The number of halogens is 4. The number of pyridine rings is 1. The van der Waals surface area contributed by atoms with Crippen molar-refractivity contribution in [2.24, 2.45) is 0 Å². The van der Waals surface area contributed by atoms with Gasteiger partial charge in [-0.3, -0.25) is 0 Å². The number of rotatable bonds is 3. The molecule has 0 saturated heterocycles. The van der Waals surface area contributed by atoms with Gasteiger partial charge in [0.2, 0.25) is 5.88 Å². The summed E-state index contributed by atoms with van der Waals surface area (Å²) in [4.78, 5) is 4.29. The molecule has 1 heterocycles. The first kappa shape index (κ1) is 18.3. The van der Waals surface area contributed by atoms with Crippen molar-refractivity contribution >= 4 is 26.8 Å². The van der Waals surface area contributed by atoms with Crippen molar-refractivity contribution in [3.63, 3.8) is 0 Å². The third kappa shape index (κ3) is 3.55. The second kappa shape index (κ2) is 6.68. The number of alkyl halides is 3. The summed E-state index contributed by atoms with van der Waals surface area (Å²) < 4.78 is 47.9. The third-order valence-electron chi connectivity index (χ3n) is 3.87. The fourth-order valence-electron chi connectivity index (χ4n) is 2.43. The van der Waals surface area contributed by atoms with Crippen molar-refractivity contribution in [1.29, 1.82) is 0 Å². The maximum Gasteiger partial charge on any atom is 0.573 e. The molecular weight excluding hydrogens is 415 g/mol. The minimum absolute atomic E-state index is 0.107. The van der Waals surface area contributed by atoms with Crippen molar-refractivity contribution in [3.05, 3.63) is 52.0 Å². The summed E-state index contributed by atoms with van der Waals surface area (Å²) in [7, 11) is 0. The van der Waals surface area contributed by atoms with Crippen molar-refractivity contribution in [1.82, 2.24) is 4.98 Å². The summed E-state index contributed by atoms with van der Waals surface area (Å²) in [6.07, 6.45) is -4.95. The van der Waals surface area contributed by atoms with Gasteiger partial charge < -0.3 is 14.6 Å². The van der Waals surface area contributed by atoms with E-state index < -0.39 is 12.1 Å². The minimum atomic E-state index is -4.95. The molecular formula is C18H13BrF3NO3. The number of hydrogen-bond donors (Lipinski definition) is 1. The van der Waals surface area contributed by atoms with Gasteiger partial charge in [-0.2, -0.15) is 0 Å². The molecule has 8 heteroatoms. The molecule has 0 unspecified atom stereocenters. The quantitative estimate of drug-likeness (QED) is 0.555. The Morgan fingerprint density at radius 1 is 1.00 bits per heavy atom. The van der Waals surface area contributed by atoms with Gasteiger partial charge in [-0.1, -0.05) is 18.2 Å². The lowest BCUT2D eigenvalue weighted by Gasteiger charge is -2.19. The van der Waals surface area contributed by atoms with E-state index in [1.807, 2.05) is 12.1 Å². The van der Waals surface area contributed by atoms with E-state index in [1.54, 1.807) is 31.2 Å². The number of hydrogen-bond acceptors (Lipinski definition) is 4. The molecule has 0 spiro atoms. The predicted octanol–water partition coefficient (Wildman–Crippen LogP) is 6.01. The maximum absolute atomic E-state index is 12.8. The summed E-state index contributed by atoms with van der Waals surface area (Å²) >= 11 is 2.95. The second-order valence-electron chi connectivity index (χ2n) is 5.56. The van der Waals surface area contributed by atoms with E-state index >= 15 is 0 Å². The van der Waals surface area contributed by atoms with Gasteiger partial charge in [0.1, 0.15) is 10.2 Å². The number of benzene rings is 2. The van der Waals surface area contributed by atoms with Gasteiger partial charge >= 0.3 is 6.36 Å². The zero-order chi connectivity index (χ0) is 19.1. The molecule has 3 aromatic rings. The van der Waals surface area contributed by atoms with Crippen LogP contribution in [0.2, 0.25) is 0 Å². The Morgan fingerprint density at radius 3 is 2.38 bits per heavy atom. The number of aromatic hydroxyl groups is 1. The Hall–Kier alpha value is -2.48. The van der Waals surface area contributed by atoms with Crippen LogP contribution in [0.3, 0.4) is 0 Å². The predicted molar refractivity (Wildman–Crippen MR) is 93.8 cm³/mol. The monoisotopic (exact) mass is 427 g/mol. The SMILES string of the molecule is Cc1c(C)c(Oc2ccc3ccccc3n2)c(OC(F)(F)F)c(Br)c1O. The molecule has 1 N–H and O–H groups in total. The van der Waals surface area contributed by atoms with Crippen molar-refractivity contribution < 1.29 is 27.8 Å². The first-order chi connectivity index (χ1) is 12.2. The van der Waals surface area contributed by atoms with Crippen molar-refractivity contribution in [2.45, 2.75) is 20.2 Å². The number of ether oxygens (including phenoxy) is 2. The summed E-state index contributed by atoms with van der Waals surface area (Å²) in [6.45, 7) is 3.09. The summed E-state index contributed by atoms with van der Waals surface area (Å²) in [5, 5.41) is 10.9. The zero-order valence-electron chi connectivity index (χ0n) is 13.7. The fraction of sp³-hybridized carbons (Fsp3) is 0.167. The van der Waals surface area contributed by atoms with Gasteiger partial charge in [-0.05, 0) is 47.5 Å². The highest BCUT2D eigenvalue weighted by atomic mass is 79.9. The van der Waals surface area contributed by atoms with Gasteiger partial charge in [-0.15, -0.1) is 13.2 Å². The molecule has 0 saturated carbocycles. The molecule has 0 aliphatic rings. The van der Waals surface area contributed by atoms with E-state index in [4.69, 9.17) is 4.74 Å². The topological polar surface area (TPSA) is 51.6 Å². The summed E-state index contributed by atoms with van der Waals surface area (Å²) in [6, 6.07) is 10.6. The van der Waals surface area contributed by atoms with E-state index in [2.05, 4.69) is 25.7 Å². The van der Waals surface area contributed by atoms with Gasteiger partial charge in [0.15, 0.2) is 11.5 Å². The molecule has 0 atom stereocenters. The highest BCUT2D eigenvalue weighted by molar-refractivity contribution is 9.10. The standard InChI is InChI=1S/C18H13BrF3NO3/c1-9-10(2)16(17(14(19)15(9)24)26-18(20,21)22)25-13-8-7-11-5-3-4-6-12(11)23-13/h3-8,24H,1-2H3. The second-order valence-corrected chi connectivity index (χ2v) is 6.36. The molecule has 0 bridgehead atoms. The smallest absolute Gasteiger partial charge is 0.506 e. The lowest BCUT2D eigenvalue weighted by atomic mass is 10.1. The molecule has 0 fully saturated rings. The first-order valence-electron chi connectivity index (χ1n) is 7.48. The maximum atomic E-state index is 12.8. The average Bonchev–Trinajstić information content (AvgIpc) is 2.60. The number of nitrogens with zero attached hydrogens (tertiary/aromatic N) is 1. The Balaban J connectivity index is 2.12. The molecule has 136 valence electrons. The number of phenolic OH excluding ortho intramolecular Hbond substituents is 1. The van der Waals surface area contributed by atoms with Crippen LogP contribution in [-0.2, 0) is 0 Å². The Bertz CT molecular complexity index is 990. The van der Waals surface area contributed by atoms with Crippen LogP contribution in [0.25, 0.3) is 10.9 Å². The summed E-state index contributed by atoms with van der Waals surface area (Å²) in [5.41, 5.74) is 1.30. The number of fused-ring (bicyclic) bond motifs is 1. The summed E-state index contributed by atoms with van der Waals surface area (Å²) in [5.74, 6) is -1.07. The largest absolute Gasteiger partial charge is 0.573 e. The van der Waals surface area contributed by atoms with Crippen LogP contribution in [0.15, 0.2) is 40.9 Å². The van der Waals surface area contributed by atoms with Crippen LogP contribution in [0.4, 0.5) is 13.2 Å². The highest BCUT2D eigenvalue weighted by Gasteiger charge is 2.35. The Kier molecular flexibility index (Phi) is 4.70. The number of para-hydroxylation sites is 1. The van der Waals surface area contributed by atoms with Gasteiger partial charge in [0.25, 0.3) is 0 Å². The van der Waals surface area contributed by atoms with E-state index in [0.717, 1.165) is 5.39 Å². The van der Waals surface area contributed by atoms with Crippen LogP contribution in [0, 0.1) is 13.8 Å². The molecule has 0 radical (unpaired) electrons. The number of phenols is 1. The van der Waals surface area contributed by atoms with Crippen molar-refractivity contribution in [3.8, 4) is 23.1 Å². The van der Waals surface area contributed by atoms with Crippen LogP contribution in [0.1, 0.15) is 11.1 Å². The first-order valence-corrected chi connectivity index (χ1v) is 8.27. The van der Waals surface area contributed by atoms with Gasteiger partial charge in [0, 0.05) is 17.0 Å². The Morgan fingerprint density at radius 2 is 1.69 bits per heavy atom. The normalized spacial score (nSPS) is 11.6. The molecule has 0 aliphatic carbocycles. The van der Waals surface area contributed by atoms with Crippen LogP contribution in [0.5, 0.6) is 23.1 Å². The Labute approximate surface area is 155 Å². The molecule has 26 heavy (non-hydrogen) atoms. The van der Waals surface area contributed by atoms with Crippen LogP contribution < -0.4 is 9.47 Å². The molecule has 0 aliphatic heterocycles. The van der Waals surface area contributed by atoms with Gasteiger partial charge in [0.05, 0.1) is 5.52 Å². The lowest BCUT2D eigenvalue weighted by Crippen LogP contribution is -2.18. The zero-order valence-corrected chi connectivity index (χ0v) is 15.3. The molecule has 0 amide bonds. The van der Waals surface area contributed by atoms with Crippen molar-refractivity contribution in [2.75, 3.05) is 0 Å². The molecule has 1 aromatic heterocycles. The molecule has 4 nitrogen and oxygen atoms in total. The highest BCUT2D eigenvalue weighted by Crippen LogP contribution is 2.49. The van der Waals surface area contributed by atoms with E-state index in [0.29, 0.717) is 16.6 Å². The molecule has 3 rings (SSSR count). The number of aromatic nitrogens is 1. The fourth-order valence-corrected chi connectivity index (χ4v) is 2.99. The van der Waals surface area contributed by atoms with E-state index in [9.17, 15) is 18.3 Å². The van der Waals surface area contributed by atoms with E-state index in [-0.39, 0.29) is 21.9 Å². The third-order valence-corrected chi connectivity index (χ3v) is 4.60. The van der Waals surface area contributed by atoms with Gasteiger partial charge in [-0.25, -0.2) is 4.98 Å². The molecule has 2 aromatic carbocycles. The average molecular weight is 428 g/mol. The van der Waals surface area contributed by atoms with Crippen LogP contribution in [-0.4, -0.2) is 16.5 Å². The minimum Gasteiger partial charge on any atom is -0.506 e. The van der Waals surface area contributed by atoms with E-state index in [1.165, 1.54) is 6.92 Å².